The Bertz CT molecular complexity index is 2820. The Kier molecular flexibility index (Phi) is 7.14. The number of para-hydroxylation sites is 1. The van der Waals surface area contributed by atoms with E-state index in [1.807, 2.05) is 6.07 Å². The molecule has 55 heavy (non-hydrogen) atoms. The lowest BCUT2D eigenvalue weighted by Gasteiger charge is -2.34. The molecule has 0 bridgehead atoms. The van der Waals surface area contributed by atoms with Gasteiger partial charge in [0.1, 0.15) is 0 Å². The molecule has 1 unspecified atom stereocenters. The van der Waals surface area contributed by atoms with E-state index >= 15 is 0 Å². The SMILES string of the molecule is c1ccc(C2Nc3ccc4ccc5ccc(N(c6ccccc6)c6ccc(C7(c8ccccc8)c8ccccc8-c8ccccc87)cc6)cc5c4c3O2)cc1. The van der Waals surface area contributed by atoms with Crippen molar-refractivity contribution >= 4 is 44.3 Å². The van der Waals surface area contributed by atoms with E-state index in [1.54, 1.807) is 0 Å². The monoisotopic (exact) mass is 704 g/mol. The Balaban J connectivity index is 1.07. The maximum atomic E-state index is 6.72. The lowest BCUT2D eigenvalue weighted by molar-refractivity contribution is 0.263. The van der Waals surface area contributed by atoms with Gasteiger partial charge in [0.15, 0.2) is 12.0 Å². The zero-order valence-electron chi connectivity index (χ0n) is 30.1. The molecule has 0 saturated heterocycles. The average molecular weight is 705 g/mol. The second-order valence-corrected chi connectivity index (χ2v) is 14.5. The van der Waals surface area contributed by atoms with Crippen molar-refractivity contribution in [3.8, 4) is 16.9 Å². The van der Waals surface area contributed by atoms with Gasteiger partial charge in [-0.15, -0.1) is 0 Å². The fourth-order valence-electron chi connectivity index (χ4n) is 9.14. The largest absolute Gasteiger partial charge is 0.464 e. The van der Waals surface area contributed by atoms with Gasteiger partial charge < -0.3 is 15.0 Å². The van der Waals surface area contributed by atoms with Gasteiger partial charge in [0.2, 0.25) is 0 Å². The van der Waals surface area contributed by atoms with Crippen molar-refractivity contribution in [3.05, 3.63) is 234 Å². The Morgan fingerprint density at radius 2 is 0.982 bits per heavy atom. The van der Waals surface area contributed by atoms with E-state index in [4.69, 9.17) is 4.74 Å². The van der Waals surface area contributed by atoms with Gasteiger partial charge in [-0.1, -0.05) is 164 Å². The quantitative estimate of drug-likeness (QED) is 0.174. The van der Waals surface area contributed by atoms with Crippen LogP contribution in [0.15, 0.2) is 206 Å². The van der Waals surface area contributed by atoms with Gasteiger partial charge >= 0.3 is 0 Å². The molecule has 1 heterocycles. The number of anilines is 4. The third kappa shape index (κ3) is 4.83. The van der Waals surface area contributed by atoms with Crippen LogP contribution in [0.3, 0.4) is 0 Å². The number of nitrogens with one attached hydrogen (secondary N) is 1. The van der Waals surface area contributed by atoms with Gasteiger partial charge in [0.05, 0.1) is 11.1 Å². The highest BCUT2D eigenvalue weighted by molar-refractivity contribution is 6.14. The summed E-state index contributed by atoms with van der Waals surface area (Å²) in [5, 5.41) is 8.21. The molecule has 0 fully saturated rings. The molecule has 9 aromatic rings. The number of fused-ring (bicyclic) bond motifs is 8. The van der Waals surface area contributed by atoms with E-state index in [2.05, 4.69) is 210 Å². The van der Waals surface area contributed by atoms with E-state index in [9.17, 15) is 0 Å². The molecule has 0 spiro atoms. The maximum Gasteiger partial charge on any atom is 0.196 e. The molecule has 1 aliphatic heterocycles. The number of hydrogen-bond acceptors (Lipinski definition) is 3. The van der Waals surface area contributed by atoms with Crippen molar-refractivity contribution < 1.29 is 4.74 Å². The third-order valence-corrected chi connectivity index (χ3v) is 11.6. The minimum absolute atomic E-state index is 0.238. The van der Waals surface area contributed by atoms with Crippen molar-refractivity contribution in [2.24, 2.45) is 0 Å². The minimum Gasteiger partial charge on any atom is -0.464 e. The second-order valence-electron chi connectivity index (χ2n) is 14.5. The predicted molar refractivity (Wildman–Crippen MR) is 227 cm³/mol. The fraction of sp³-hybridized carbons (Fsp3) is 0.0385. The number of benzene rings is 9. The van der Waals surface area contributed by atoms with Gasteiger partial charge in [-0.2, -0.15) is 0 Å². The Morgan fingerprint density at radius 3 is 1.69 bits per heavy atom. The molecule has 9 aromatic carbocycles. The summed E-state index contributed by atoms with van der Waals surface area (Å²) in [6.45, 7) is 0. The summed E-state index contributed by atoms with van der Waals surface area (Å²) in [6, 6.07) is 74.6. The second kappa shape index (κ2) is 12.5. The number of rotatable bonds is 6. The topological polar surface area (TPSA) is 24.5 Å². The molecule has 0 amide bonds. The highest BCUT2D eigenvalue weighted by atomic mass is 16.5. The Morgan fingerprint density at radius 1 is 0.455 bits per heavy atom. The molecule has 3 nitrogen and oxygen atoms in total. The Hall–Kier alpha value is -7.10. The molecule has 260 valence electrons. The first-order valence-corrected chi connectivity index (χ1v) is 19.0. The molecular weight excluding hydrogens is 669 g/mol. The first-order valence-electron chi connectivity index (χ1n) is 19.0. The fourth-order valence-corrected chi connectivity index (χ4v) is 9.14. The van der Waals surface area contributed by atoms with Crippen LogP contribution in [0, 0.1) is 0 Å². The summed E-state index contributed by atoms with van der Waals surface area (Å²) in [5.74, 6) is 0.896. The third-order valence-electron chi connectivity index (χ3n) is 11.6. The van der Waals surface area contributed by atoms with Crippen LogP contribution < -0.4 is 15.0 Å². The smallest absolute Gasteiger partial charge is 0.196 e. The van der Waals surface area contributed by atoms with Crippen LogP contribution in [0.2, 0.25) is 0 Å². The molecule has 1 atom stereocenters. The minimum atomic E-state index is -0.446. The van der Waals surface area contributed by atoms with Crippen LogP contribution in [0.25, 0.3) is 32.7 Å². The van der Waals surface area contributed by atoms with Crippen molar-refractivity contribution in [2.75, 3.05) is 10.2 Å². The van der Waals surface area contributed by atoms with Crippen molar-refractivity contribution in [1.82, 2.24) is 0 Å². The number of ether oxygens (including phenoxy) is 1. The van der Waals surface area contributed by atoms with Crippen LogP contribution in [0.5, 0.6) is 5.75 Å². The van der Waals surface area contributed by atoms with E-state index in [-0.39, 0.29) is 6.23 Å². The van der Waals surface area contributed by atoms with Crippen molar-refractivity contribution in [1.29, 1.82) is 0 Å². The van der Waals surface area contributed by atoms with E-state index in [0.29, 0.717) is 0 Å². The molecule has 0 aromatic heterocycles. The molecule has 0 radical (unpaired) electrons. The summed E-state index contributed by atoms with van der Waals surface area (Å²) in [6.07, 6.45) is -0.238. The van der Waals surface area contributed by atoms with E-state index < -0.39 is 5.41 Å². The molecule has 11 rings (SSSR count). The van der Waals surface area contributed by atoms with Crippen LogP contribution in [0.4, 0.5) is 22.7 Å². The number of hydrogen-bond donors (Lipinski definition) is 1. The molecule has 2 aliphatic rings. The maximum absolute atomic E-state index is 6.72. The van der Waals surface area contributed by atoms with Crippen LogP contribution in [-0.4, -0.2) is 0 Å². The summed E-state index contributed by atoms with van der Waals surface area (Å²) in [5.41, 5.74) is 12.6. The Labute approximate surface area is 320 Å². The summed E-state index contributed by atoms with van der Waals surface area (Å²) < 4.78 is 6.72. The summed E-state index contributed by atoms with van der Waals surface area (Å²) in [4.78, 5) is 2.36. The zero-order valence-corrected chi connectivity index (χ0v) is 30.1. The summed E-state index contributed by atoms with van der Waals surface area (Å²) in [7, 11) is 0. The van der Waals surface area contributed by atoms with Gasteiger partial charge in [-0.05, 0) is 92.0 Å². The van der Waals surface area contributed by atoms with Gasteiger partial charge in [-0.25, -0.2) is 0 Å². The standard InChI is InChI=1S/C52H36N2O/c1-4-14-37(15-5-1)51-53-48-33-27-36-25-24-35-26-30-42(34-45(35)49(36)50(48)55-51)54(40-18-8-3-9-19-40)41-31-28-39(29-32-41)52(38-16-6-2-7-17-38)46-22-12-10-20-43(46)44-21-11-13-23-47(44)52/h1-34,51,53H. The first-order chi connectivity index (χ1) is 27.3. The number of nitrogens with zero attached hydrogens (tertiary/aromatic N) is 1. The molecular formula is C52H36N2O. The summed E-state index contributed by atoms with van der Waals surface area (Å²) >= 11 is 0. The van der Waals surface area contributed by atoms with Gasteiger partial charge in [-0.3, -0.25) is 0 Å². The van der Waals surface area contributed by atoms with Gasteiger partial charge in [0.25, 0.3) is 0 Å². The lowest BCUT2D eigenvalue weighted by atomic mass is 9.68. The predicted octanol–water partition coefficient (Wildman–Crippen LogP) is 13.3. The molecule has 3 heteroatoms. The molecule has 0 saturated carbocycles. The van der Waals surface area contributed by atoms with Crippen molar-refractivity contribution in [2.45, 2.75) is 11.6 Å². The normalized spacial score (nSPS) is 14.8. The van der Waals surface area contributed by atoms with Gasteiger partial charge in [0, 0.05) is 28.0 Å². The van der Waals surface area contributed by atoms with Crippen LogP contribution >= 0.6 is 0 Å². The highest BCUT2D eigenvalue weighted by Crippen LogP contribution is 2.56. The molecule has 1 N–H and O–H groups in total. The molecule has 1 aliphatic carbocycles. The van der Waals surface area contributed by atoms with Crippen molar-refractivity contribution in [3.63, 3.8) is 0 Å². The highest BCUT2D eigenvalue weighted by Gasteiger charge is 2.45. The first kappa shape index (κ1) is 31.4. The van der Waals surface area contributed by atoms with E-state index in [0.717, 1.165) is 50.2 Å². The van der Waals surface area contributed by atoms with Crippen LogP contribution in [0.1, 0.15) is 34.0 Å². The lowest BCUT2D eigenvalue weighted by Crippen LogP contribution is -2.28. The average Bonchev–Trinajstić information content (AvgIpc) is 3.83. The van der Waals surface area contributed by atoms with Crippen LogP contribution in [-0.2, 0) is 5.41 Å². The van der Waals surface area contributed by atoms with E-state index in [1.165, 1.54) is 38.8 Å². The zero-order chi connectivity index (χ0) is 36.3.